The van der Waals surface area contributed by atoms with E-state index in [1.807, 2.05) is 0 Å². The Bertz CT molecular complexity index is 2800. The van der Waals surface area contributed by atoms with Crippen LogP contribution in [0.4, 0.5) is 0 Å². The lowest BCUT2D eigenvalue weighted by Crippen LogP contribution is -2.12. The molecular formula is C53H43N3. The Balaban J connectivity index is 1.04. The molecule has 0 N–H and O–H groups in total. The third kappa shape index (κ3) is 6.20. The molecule has 1 atom stereocenters. The number of benzene rings is 7. The smallest absolute Gasteiger partial charge is 0.160 e. The number of aryl methyl sites for hydroxylation is 1. The van der Waals surface area contributed by atoms with Crippen molar-refractivity contribution in [2.75, 3.05) is 0 Å². The lowest BCUT2D eigenvalue weighted by molar-refractivity contribution is 0.616. The minimum atomic E-state index is 0.478. The maximum Gasteiger partial charge on any atom is 0.160 e. The van der Waals surface area contributed by atoms with Gasteiger partial charge in [0.15, 0.2) is 5.84 Å². The van der Waals surface area contributed by atoms with Gasteiger partial charge in [-0.25, -0.2) is 9.98 Å². The van der Waals surface area contributed by atoms with E-state index < -0.39 is 0 Å². The Morgan fingerprint density at radius 1 is 0.571 bits per heavy atom. The maximum absolute atomic E-state index is 5.54. The number of allylic oxidation sites excluding steroid dienone is 1. The number of rotatable bonds is 8. The zero-order valence-electron chi connectivity index (χ0n) is 31.7. The molecule has 3 nitrogen and oxygen atoms in total. The van der Waals surface area contributed by atoms with Gasteiger partial charge in [0.1, 0.15) is 0 Å². The maximum atomic E-state index is 5.54. The fourth-order valence-electron chi connectivity index (χ4n) is 9.04. The molecule has 0 saturated carbocycles. The van der Waals surface area contributed by atoms with E-state index in [1.54, 1.807) is 0 Å². The normalized spacial score (nSPS) is 15.3. The molecule has 0 fully saturated rings. The summed E-state index contributed by atoms with van der Waals surface area (Å²) in [4.78, 5) is 10.9. The van der Waals surface area contributed by atoms with Gasteiger partial charge >= 0.3 is 0 Å². The van der Waals surface area contributed by atoms with Gasteiger partial charge in [-0.05, 0) is 101 Å². The molecule has 270 valence electrons. The summed E-state index contributed by atoms with van der Waals surface area (Å²) in [5.41, 5.74) is 17.2. The number of para-hydroxylation sites is 2. The van der Waals surface area contributed by atoms with Gasteiger partial charge in [0.25, 0.3) is 0 Å². The molecule has 1 aliphatic heterocycles. The van der Waals surface area contributed by atoms with E-state index in [-0.39, 0.29) is 0 Å². The van der Waals surface area contributed by atoms with Crippen LogP contribution in [0.5, 0.6) is 0 Å². The Labute approximate surface area is 329 Å². The summed E-state index contributed by atoms with van der Waals surface area (Å²) < 4.78 is 2.39. The lowest BCUT2D eigenvalue weighted by Gasteiger charge is -2.28. The average Bonchev–Trinajstić information content (AvgIpc) is 3.47. The molecule has 0 amide bonds. The Morgan fingerprint density at radius 3 is 2.04 bits per heavy atom. The van der Waals surface area contributed by atoms with Crippen LogP contribution in [-0.2, 0) is 12.8 Å². The number of hydrogen-bond acceptors (Lipinski definition) is 2. The highest BCUT2D eigenvalue weighted by Crippen LogP contribution is 2.41. The van der Waals surface area contributed by atoms with Crippen molar-refractivity contribution in [2.45, 2.75) is 44.9 Å². The molecule has 1 unspecified atom stereocenters. The quantitative estimate of drug-likeness (QED) is 0.150. The van der Waals surface area contributed by atoms with E-state index in [4.69, 9.17) is 9.98 Å². The van der Waals surface area contributed by atoms with Crippen molar-refractivity contribution in [2.24, 2.45) is 9.98 Å². The summed E-state index contributed by atoms with van der Waals surface area (Å²) in [6.45, 7) is 2.25. The first-order valence-corrected chi connectivity index (χ1v) is 20.0. The van der Waals surface area contributed by atoms with E-state index in [2.05, 4.69) is 187 Å². The molecule has 8 aromatic rings. The fourth-order valence-corrected chi connectivity index (χ4v) is 9.04. The van der Waals surface area contributed by atoms with Crippen molar-refractivity contribution < 1.29 is 0 Å². The van der Waals surface area contributed by atoms with Gasteiger partial charge < -0.3 is 4.57 Å². The Morgan fingerprint density at radius 2 is 1.23 bits per heavy atom. The molecule has 0 spiro atoms. The Hall–Kier alpha value is -6.58. The van der Waals surface area contributed by atoms with Crippen LogP contribution < -0.4 is 0 Å². The second kappa shape index (κ2) is 14.6. The number of amidine groups is 1. The fraction of sp³-hybridized carbons (Fsp3) is 0.132. The molecule has 2 heterocycles. The summed E-state index contributed by atoms with van der Waals surface area (Å²) in [5, 5.41) is 2.52. The van der Waals surface area contributed by atoms with Crippen molar-refractivity contribution >= 4 is 39.1 Å². The van der Waals surface area contributed by atoms with Crippen LogP contribution in [0.2, 0.25) is 0 Å². The third-order valence-electron chi connectivity index (χ3n) is 11.8. The van der Waals surface area contributed by atoms with Crippen molar-refractivity contribution in [1.82, 2.24) is 4.57 Å². The van der Waals surface area contributed by atoms with E-state index in [0.29, 0.717) is 5.92 Å². The topological polar surface area (TPSA) is 29.6 Å². The monoisotopic (exact) mass is 721 g/mol. The molecule has 1 aromatic heterocycles. The highest BCUT2D eigenvalue weighted by molar-refractivity contribution is 6.16. The van der Waals surface area contributed by atoms with E-state index >= 15 is 0 Å². The summed E-state index contributed by atoms with van der Waals surface area (Å²) in [7, 11) is 0. The van der Waals surface area contributed by atoms with Crippen molar-refractivity contribution in [1.29, 1.82) is 0 Å². The second-order valence-corrected chi connectivity index (χ2v) is 15.1. The molecule has 10 rings (SSSR count). The van der Waals surface area contributed by atoms with Crippen molar-refractivity contribution in [3.05, 3.63) is 215 Å². The van der Waals surface area contributed by atoms with Crippen LogP contribution in [0.25, 0.3) is 44.3 Å². The molecular weight excluding hydrogens is 679 g/mol. The SMILES string of the molecule is CCC1=C(c2cccc(-n3c4ccccc4c4ccccc43)c2)N=C(c2cccc(CCC3Cc4ccccc4-c4ccccc43)c2)N=C(c2ccccc2)C1. The van der Waals surface area contributed by atoms with Gasteiger partial charge in [0.2, 0.25) is 0 Å². The summed E-state index contributed by atoms with van der Waals surface area (Å²) in [5.74, 6) is 1.24. The molecule has 3 heteroatoms. The highest BCUT2D eigenvalue weighted by Gasteiger charge is 2.25. The van der Waals surface area contributed by atoms with Crippen LogP contribution in [0.1, 0.15) is 65.5 Å². The second-order valence-electron chi connectivity index (χ2n) is 15.1. The van der Waals surface area contributed by atoms with Gasteiger partial charge in [-0.3, -0.25) is 0 Å². The van der Waals surface area contributed by atoms with E-state index in [1.165, 1.54) is 55.2 Å². The zero-order chi connectivity index (χ0) is 37.4. The first kappa shape index (κ1) is 33.9. The van der Waals surface area contributed by atoms with Gasteiger partial charge in [0, 0.05) is 34.0 Å². The number of aliphatic imine (C=N–C) groups is 2. The minimum absolute atomic E-state index is 0.478. The molecule has 2 aliphatic rings. The predicted molar refractivity (Wildman–Crippen MR) is 235 cm³/mol. The lowest BCUT2D eigenvalue weighted by atomic mass is 9.76. The summed E-state index contributed by atoms with van der Waals surface area (Å²) in [6, 6.07) is 63.9. The van der Waals surface area contributed by atoms with Crippen LogP contribution in [0.3, 0.4) is 0 Å². The van der Waals surface area contributed by atoms with Gasteiger partial charge in [0.05, 0.1) is 22.4 Å². The van der Waals surface area contributed by atoms with Crippen LogP contribution in [0.15, 0.2) is 191 Å². The van der Waals surface area contributed by atoms with Crippen molar-refractivity contribution in [3.8, 4) is 16.8 Å². The standard InChI is InChI=1S/C53H43N3/c1-2-37-35-49(38-17-4-3-5-18-38)54-53(42-21-14-16-36(32-42)30-31-40-33-39-19-6-7-23-44(39)46-25-9-8-24-45(40)46)55-52(37)41-20-15-22-43(34-41)56-50-28-12-10-26-47(50)48-27-11-13-29-51(48)56/h3-29,32,34,40H,2,30-31,33,35H2,1H3. The molecule has 0 radical (unpaired) electrons. The number of fused-ring (bicyclic) bond motifs is 6. The predicted octanol–water partition coefficient (Wildman–Crippen LogP) is 13.2. The number of hydrogen-bond donors (Lipinski definition) is 0. The molecule has 1 aliphatic carbocycles. The first-order valence-electron chi connectivity index (χ1n) is 20.0. The minimum Gasteiger partial charge on any atom is -0.309 e. The molecule has 0 bridgehead atoms. The van der Waals surface area contributed by atoms with Crippen molar-refractivity contribution in [3.63, 3.8) is 0 Å². The van der Waals surface area contributed by atoms with Crippen LogP contribution >= 0.6 is 0 Å². The largest absolute Gasteiger partial charge is 0.309 e. The summed E-state index contributed by atoms with van der Waals surface area (Å²) >= 11 is 0. The molecule has 0 saturated heterocycles. The third-order valence-corrected chi connectivity index (χ3v) is 11.8. The number of nitrogens with zero attached hydrogens (tertiary/aromatic N) is 3. The summed E-state index contributed by atoms with van der Waals surface area (Å²) in [6.07, 6.45) is 4.77. The van der Waals surface area contributed by atoms with Gasteiger partial charge in [-0.1, -0.05) is 153 Å². The first-order chi connectivity index (χ1) is 27.7. The van der Waals surface area contributed by atoms with Gasteiger partial charge in [-0.15, -0.1) is 0 Å². The van der Waals surface area contributed by atoms with Gasteiger partial charge in [-0.2, -0.15) is 0 Å². The zero-order valence-corrected chi connectivity index (χ0v) is 31.7. The Kier molecular flexibility index (Phi) is 8.84. The van der Waals surface area contributed by atoms with Crippen LogP contribution in [0, 0.1) is 0 Å². The number of aromatic nitrogens is 1. The van der Waals surface area contributed by atoms with E-state index in [9.17, 15) is 0 Å². The highest BCUT2D eigenvalue weighted by atomic mass is 15.0. The molecule has 7 aromatic carbocycles. The van der Waals surface area contributed by atoms with Crippen LogP contribution in [-0.4, -0.2) is 16.1 Å². The molecule has 56 heavy (non-hydrogen) atoms. The average molecular weight is 722 g/mol. The van der Waals surface area contributed by atoms with E-state index in [0.717, 1.165) is 71.7 Å².